The molecule has 1 nitrogen and oxygen atoms in total. The van der Waals surface area contributed by atoms with Crippen molar-refractivity contribution in [3.8, 4) is 0 Å². The van der Waals surface area contributed by atoms with Crippen molar-refractivity contribution in [1.29, 1.82) is 0 Å². The topological polar surface area (TPSA) is 20.2 Å². The fourth-order valence-electron chi connectivity index (χ4n) is 2.72. The first-order valence-electron chi connectivity index (χ1n) is 6.75. The van der Waals surface area contributed by atoms with Crippen molar-refractivity contribution < 1.29 is 5.11 Å². The van der Waals surface area contributed by atoms with Gasteiger partial charge in [-0.3, -0.25) is 0 Å². The Bertz CT molecular complexity index is 358. The van der Waals surface area contributed by atoms with Crippen LogP contribution in [-0.2, 0) is 5.41 Å². The van der Waals surface area contributed by atoms with Gasteiger partial charge in [0, 0.05) is 0 Å². The molecule has 1 fully saturated rings. The summed E-state index contributed by atoms with van der Waals surface area (Å²) in [7, 11) is 0. The summed E-state index contributed by atoms with van der Waals surface area (Å²) in [4.78, 5) is 0. The minimum Gasteiger partial charge on any atom is -0.393 e. The highest BCUT2D eigenvalue weighted by Gasteiger charge is 2.22. The Morgan fingerprint density at radius 2 is 1.71 bits per heavy atom. The summed E-state index contributed by atoms with van der Waals surface area (Å²) in [6.45, 7) is 6.73. The average molecular weight is 232 g/mol. The summed E-state index contributed by atoms with van der Waals surface area (Å²) < 4.78 is 0. The lowest BCUT2D eigenvalue weighted by atomic mass is 9.80. The van der Waals surface area contributed by atoms with Crippen molar-refractivity contribution in [2.45, 2.75) is 63.9 Å². The van der Waals surface area contributed by atoms with Gasteiger partial charge in [0.1, 0.15) is 0 Å². The van der Waals surface area contributed by atoms with Crippen molar-refractivity contribution in [3.63, 3.8) is 0 Å². The molecule has 0 aliphatic heterocycles. The van der Waals surface area contributed by atoms with E-state index in [-0.39, 0.29) is 11.5 Å². The molecule has 1 aromatic rings. The predicted molar refractivity (Wildman–Crippen MR) is 72.4 cm³/mol. The maximum atomic E-state index is 9.72. The number of hydrogen-bond acceptors (Lipinski definition) is 1. The van der Waals surface area contributed by atoms with Crippen LogP contribution < -0.4 is 0 Å². The van der Waals surface area contributed by atoms with E-state index < -0.39 is 0 Å². The molecule has 1 saturated carbocycles. The third-order valence-corrected chi connectivity index (χ3v) is 3.89. The van der Waals surface area contributed by atoms with Crippen molar-refractivity contribution in [3.05, 3.63) is 35.4 Å². The number of benzene rings is 1. The Morgan fingerprint density at radius 1 is 1.06 bits per heavy atom. The van der Waals surface area contributed by atoms with Crippen LogP contribution in [0.2, 0.25) is 0 Å². The summed E-state index contributed by atoms with van der Waals surface area (Å²) >= 11 is 0. The highest BCUT2D eigenvalue weighted by atomic mass is 16.3. The van der Waals surface area contributed by atoms with Gasteiger partial charge in [0.15, 0.2) is 0 Å². The Balaban J connectivity index is 2.12. The average Bonchev–Trinajstić information content (AvgIpc) is 2.28. The minimum atomic E-state index is -0.0870. The van der Waals surface area contributed by atoms with Gasteiger partial charge in [-0.25, -0.2) is 0 Å². The Labute approximate surface area is 105 Å². The van der Waals surface area contributed by atoms with E-state index >= 15 is 0 Å². The number of rotatable bonds is 1. The first-order chi connectivity index (χ1) is 7.97. The van der Waals surface area contributed by atoms with Crippen LogP contribution in [0.3, 0.4) is 0 Å². The van der Waals surface area contributed by atoms with Crippen molar-refractivity contribution in [1.82, 2.24) is 0 Å². The second-order valence-electron chi connectivity index (χ2n) is 6.39. The molecular weight excluding hydrogens is 208 g/mol. The molecule has 17 heavy (non-hydrogen) atoms. The van der Waals surface area contributed by atoms with Crippen LogP contribution in [0.4, 0.5) is 0 Å². The Hall–Kier alpha value is -0.820. The predicted octanol–water partition coefficient (Wildman–Crippen LogP) is 4.00. The lowest BCUT2D eigenvalue weighted by Gasteiger charge is -2.27. The van der Waals surface area contributed by atoms with Gasteiger partial charge in [-0.15, -0.1) is 0 Å². The molecule has 0 amide bonds. The van der Waals surface area contributed by atoms with Gasteiger partial charge in [-0.05, 0) is 41.7 Å². The van der Waals surface area contributed by atoms with Crippen LogP contribution in [0.1, 0.15) is 63.5 Å². The van der Waals surface area contributed by atoms with E-state index in [1.807, 2.05) is 0 Å². The third-order valence-electron chi connectivity index (χ3n) is 3.89. The zero-order valence-electron chi connectivity index (χ0n) is 11.2. The molecule has 0 unspecified atom stereocenters. The van der Waals surface area contributed by atoms with E-state index in [9.17, 15) is 5.11 Å². The maximum absolute atomic E-state index is 9.72. The zero-order valence-corrected chi connectivity index (χ0v) is 11.2. The normalized spacial score (nSPS) is 25.9. The van der Waals surface area contributed by atoms with Gasteiger partial charge in [-0.2, -0.15) is 0 Å². The second-order valence-corrected chi connectivity index (χ2v) is 6.39. The Morgan fingerprint density at radius 3 is 2.24 bits per heavy atom. The third kappa shape index (κ3) is 3.10. The zero-order chi connectivity index (χ0) is 12.5. The van der Waals surface area contributed by atoms with E-state index in [1.165, 1.54) is 17.5 Å². The van der Waals surface area contributed by atoms with E-state index in [1.54, 1.807) is 0 Å². The van der Waals surface area contributed by atoms with Gasteiger partial charge >= 0.3 is 0 Å². The van der Waals surface area contributed by atoms with Crippen LogP contribution in [0.15, 0.2) is 24.3 Å². The Kier molecular flexibility index (Phi) is 3.58. The summed E-state index contributed by atoms with van der Waals surface area (Å²) in [5.74, 6) is 0.563. The van der Waals surface area contributed by atoms with E-state index in [2.05, 4.69) is 45.0 Å². The molecule has 0 spiro atoms. The van der Waals surface area contributed by atoms with Gasteiger partial charge in [0.2, 0.25) is 0 Å². The smallest absolute Gasteiger partial charge is 0.0546 e. The van der Waals surface area contributed by atoms with Crippen LogP contribution in [0.5, 0.6) is 0 Å². The minimum absolute atomic E-state index is 0.0870. The number of hydrogen-bond donors (Lipinski definition) is 1. The van der Waals surface area contributed by atoms with Crippen molar-refractivity contribution in [2.24, 2.45) is 0 Å². The summed E-state index contributed by atoms with van der Waals surface area (Å²) in [5, 5.41) is 9.72. The fraction of sp³-hybridized carbons (Fsp3) is 0.625. The number of aliphatic hydroxyl groups excluding tert-OH is 1. The highest BCUT2D eigenvalue weighted by Crippen LogP contribution is 2.33. The molecule has 1 aromatic carbocycles. The van der Waals surface area contributed by atoms with Crippen LogP contribution >= 0.6 is 0 Å². The van der Waals surface area contributed by atoms with Crippen molar-refractivity contribution in [2.75, 3.05) is 0 Å². The highest BCUT2D eigenvalue weighted by molar-refractivity contribution is 5.29. The molecule has 1 aliphatic rings. The molecule has 0 heterocycles. The van der Waals surface area contributed by atoms with E-state index in [0.717, 1.165) is 19.3 Å². The molecule has 0 aromatic heterocycles. The molecule has 2 rings (SSSR count). The van der Waals surface area contributed by atoms with Gasteiger partial charge < -0.3 is 5.11 Å². The SMILES string of the molecule is CC(C)(C)c1ccc([C@@H]2CCC[C@H](O)C2)cc1. The molecule has 1 N–H and O–H groups in total. The lowest BCUT2D eigenvalue weighted by molar-refractivity contribution is 0.119. The second kappa shape index (κ2) is 4.81. The van der Waals surface area contributed by atoms with Gasteiger partial charge in [0.05, 0.1) is 6.10 Å². The molecule has 2 atom stereocenters. The van der Waals surface area contributed by atoms with E-state index in [0.29, 0.717) is 5.92 Å². The molecular formula is C16H24O. The van der Waals surface area contributed by atoms with Crippen LogP contribution in [-0.4, -0.2) is 11.2 Å². The molecule has 0 saturated heterocycles. The molecule has 0 radical (unpaired) electrons. The summed E-state index contributed by atoms with van der Waals surface area (Å²) in [6, 6.07) is 9.00. The largest absolute Gasteiger partial charge is 0.393 e. The quantitative estimate of drug-likeness (QED) is 0.776. The molecule has 1 heteroatoms. The van der Waals surface area contributed by atoms with Crippen LogP contribution in [0, 0.1) is 0 Å². The summed E-state index contributed by atoms with van der Waals surface area (Å²) in [6.07, 6.45) is 4.22. The standard InChI is InChI=1S/C16H24O/c1-16(2,3)14-9-7-12(8-10-14)13-5-4-6-15(17)11-13/h7-10,13,15,17H,4-6,11H2,1-3H3/t13-,15+/m1/s1. The van der Waals surface area contributed by atoms with Crippen LogP contribution in [0.25, 0.3) is 0 Å². The molecule has 0 bridgehead atoms. The molecule has 94 valence electrons. The maximum Gasteiger partial charge on any atom is 0.0546 e. The first kappa shape index (κ1) is 12.6. The summed E-state index contributed by atoms with van der Waals surface area (Å²) in [5.41, 5.74) is 3.01. The van der Waals surface area contributed by atoms with E-state index in [4.69, 9.17) is 0 Å². The lowest BCUT2D eigenvalue weighted by Crippen LogP contribution is -2.18. The van der Waals surface area contributed by atoms with Gasteiger partial charge in [-0.1, -0.05) is 51.5 Å². The monoisotopic (exact) mass is 232 g/mol. The molecule has 1 aliphatic carbocycles. The fourth-order valence-corrected chi connectivity index (χ4v) is 2.72. The van der Waals surface area contributed by atoms with Gasteiger partial charge in [0.25, 0.3) is 0 Å². The number of aliphatic hydroxyl groups is 1. The first-order valence-corrected chi connectivity index (χ1v) is 6.75. The van der Waals surface area contributed by atoms with Crippen molar-refractivity contribution >= 4 is 0 Å².